The Bertz CT molecular complexity index is 434. The summed E-state index contributed by atoms with van der Waals surface area (Å²) in [6.45, 7) is 3.35. The zero-order valence-corrected chi connectivity index (χ0v) is 9.96. The molecular formula is C12H16FN3O. The molecule has 1 aliphatic rings. The first-order valence-electron chi connectivity index (χ1n) is 5.55. The molecule has 0 spiro atoms. The second kappa shape index (κ2) is 5.03. The molecule has 0 saturated carbocycles. The Labute approximate surface area is 99.9 Å². The van der Waals surface area contributed by atoms with Gasteiger partial charge in [0.15, 0.2) is 5.96 Å². The number of hydrogen-bond acceptors (Lipinski definition) is 4. The predicted octanol–water partition coefficient (Wildman–Crippen LogP) is 1.27. The Kier molecular flexibility index (Phi) is 3.46. The summed E-state index contributed by atoms with van der Waals surface area (Å²) in [6, 6.07) is 5.00. The van der Waals surface area contributed by atoms with Crippen LogP contribution in [0.2, 0.25) is 0 Å². The fourth-order valence-electron chi connectivity index (χ4n) is 1.69. The van der Waals surface area contributed by atoms with Gasteiger partial charge in [0.25, 0.3) is 0 Å². The number of hydrogen-bond donors (Lipinski definition) is 2. The first kappa shape index (κ1) is 11.7. The van der Waals surface area contributed by atoms with Gasteiger partial charge < -0.3 is 15.4 Å². The van der Waals surface area contributed by atoms with Crippen molar-refractivity contribution in [3.63, 3.8) is 0 Å². The van der Waals surface area contributed by atoms with Gasteiger partial charge in [0.1, 0.15) is 11.6 Å². The van der Waals surface area contributed by atoms with E-state index >= 15 is 0 Å². The maximum absolute atomic E-state index is 13.2. The first-order chi connectivity index (χ1) is 8.17. The number of guanidine groups is 1. The van der Waals surface area contributed by atoms with E-state index in [0.717, 1.165) is 18.1 Å². The maximum atomic E-state index is 13.2. The number of benzene rings is 1. The molecular weight excluding hydrogens is 221 g/mol. The number of nitrogens with zero attached hydrogens (tertiary/aromatic N) is 1. The van der Waals surface area contributed by atoms with E-state index in [1.165, 1.54) is 19.2 Å². The summed E-state index contributed by atoms with van der Waals surface area (Å²) in [5, 5.41) is 6.30. The zero-order chi connectivity index (χ0) is 12.3. The van der Waals surface area contributed by atoms with Gasteiger partial charge in [-0.2, -0.15) is 0 Å². The molecule has 1 unspecified atom stereocenters. The van der Waals surface area contributed by atoms with Crippen LogP contribution in [0.5, 0.6) is 5.75 Å². The minimum Gasteiger partial charge on any atom is -0.497 e. The Hall–Kier alpha value is -1.78. The lowest BCUT2D eigenvalue weighted by molar-refractivity contribution is 0.410. The van der Waals surface area contributed by atoms with Crippen molar-refractivity contribution in [3.8, 4) is 5.75 Å². The van der Waals surface area contributed by atoms with Crippen LogP contribution < -0.4 is 15.4 Å². The Balaban J connectivity index is 1.97. The van der Waals surface area contributed by atoms with Crippen LogP contribution in [0.1, 0.15) is 12.5 Å². The van der Waals surface area contributed by atoms with Crippen molar-refractivity contribution in [3.05, 3.63) is 29.6 Å². The van der Waals surface area contributed by atoms with E-state index in [0.29, 0.717) is 18.3 Å². The second-order valence-corrected chi connectivity index (χ2v) is 4.09. The third-order valence-electron chi connectivity index (χ3n) is 2.53. The van der Waals surface area contributed by atoms with E-state index in [1.807, 2.05) is 0 Å². The average molecular weight is 237 g/mol. The molecule has 0 amide bonds. The molecule has 5 heteroatoms. The lowest BCUT2D eigenvalue weighted by atomic mass is 10.2. The van der Waals surface area contributed by atoms with Crippen LogP contribution in [-0.4, -0.2) is 25.7 Å². The zero-order valence-electron chi connectivity index (χ0n) is 9.96. The van der Waals surface area contributed by atoms with Gasteiger partial charge in [0, 0.05) is 18.7 Å². The van der Waals surface area contributed by atoms with Gasteiger partial charge in [-0.05, 0) is 24.6 Å². The lowest BCUT2D eigenvalue weighted by Crippen LogP contribution is -2.37. The van der Waals surface area contributed by atoms with Crippen LogP contribution in [0.15, 0.2) is 23.2 Å². The SMILES string of the molecule is COc1cc(F)cc(CNC2=NCC(C)N2)c1. The summed E-state index contributed by atoms with van der Waals surface area (Å²) < 4.78 is 18.2. The van der Waals surface area contributed by atoms with Crippen molar-refractivity contribution < 1.29 is 9.13 Å². The van der Waals surface area contributed by atoms with Crippen LogP contribution in [0, 0.1) is 5.82 Å². The predicted molar refractivity (Wildman–Crippen MR) is 64.7 cm³/mol. The molecule has 1 heterocycles. The molecule has 0 aromatic heterocycles. The average Bonchev–Trinajstić information content (AvgIpc) is 2.72. The molecule has 1 aromatic carbocycles. The monoisotopic (exact) mass is 237 g/mol. The molecule has 0 bridgehead atoms. The van der Waals surface area contributed by atoms with E-state index in [2.05, 4.69) is 22.5 Å². The minimum absolute atomic E-state index is 0.296. The van der Waals surface area contributed by atoms with E-state index in [-0.39, 0.29) is 5.82 Å². The Morgan fingerprint density at radius 2 is 2.35 bits per heavy atom. The number of methoxy groups -OCH3 is 1. The van der Waals surface area contributed by atoms with E-state index < -0.39 is 0 Å². The van der Waals surface area contributed by atoms with Gasteiger partial charge in [-0.3, -0.25) is 4.99 Å². The molecule has 1 aromatic rings. The molecule has 0 fully saturated rings. The molecule has 92 valence electrons. The largest absolute Gasteiger partial charge is 0.497 e. The van der Waals surface area contributed by atoms with Crippen molar-refractivity contribution in [1.29, 1.82) is 0 Å². The Morgan fingerprint density at radius 1 is 1.53 bits per heavy atom. The smallest absolute Gasteiger partial charge is 0.191 e. The highest BCUT2D eigenvalue weighted by Crippen LogP contribution is 2.15. The van der Waals surface area contributed by atoms with E-state index in [9.17, 15) is 4.39 Å². The molecule has 2 rings (SSSR count). The van der Waals surface area contributed by atoms with Crippen LogP contribution in [-0.2, 0) is 6.54 Å². The van der Waals surface area contributed by atoms with Crippen molar-refractivity contribution in [1.82, 2.24) is 10.6 Å². The second-order valence-electron chi connectivity index (χ2n) is 4.09. The molecule has 0 radical (unpaired) electrons. The summed E-state index contributed by atoms with van der Waals surface area (Å²) in [6.07, 6.45) is 0. The van der Waals surface area contributed by atoms with Crippen molar-refractivity contribution in [2.24, 2.45) is 4.99 Å². The van der Waals surface area contributed by atoms with Crippen LogP contribution in [0.25, 0.3) is 0 Å². The summed E-state index contributed by atoms with van der Waals surface area (Å²) in [5.41, 5.74) is 0.825. The van der Waals surface area contributed by atoms with Gasteiger partial charge in [0.05, 0.1) is 13.7 Å². The number of rotatable bonds is 3. The summed E-state index contributed by atoms with van der Waals surface area (Å²) in [5.74, 6) is 0.994. The highest BCUT2D eigenvalue weighted by Gasteiger charge is 2.11. The van der Waals surface area contributed by atoms with Gasteiger partial charge >= 0.3 is 0 Å². The fourth-order valence-corrected chi connectivity index (χ4v) is 1.69. The molecule has 2 N–H and O–H groups in total. The molecule has 0 saturated heterocycles. The highest BCUT2D eigenvalue weighted by atomic mass is 19.1. The first-order valence-corrected chi connectivity index (χ1v) is 5.55. The number of ether oxygens (including phenoxy) is 1. The molecule has 0 aliphatic carbocycles. The lowest BCUT2D eigenvalue weighted by Gasteiger charge is -2.10. The van der Waals surface area contributed by atoms with Gasteiger partial charge in [0.2, 0.25) is 0 Å². The molecule has 17 heavy (non-hydrogen) atoms. The number of nitrogens with one attached hydrogen (secondary N) is 2. The quantitative estimate of drug-likeness (QED) is 0.832. The van der Waals surface area contributed by atoms with Gasteiger partial charge in [-0.1, -0.05) is 0 Å². The van der Waals surface area contributed by atoms with Crippen LogP contribution >= 0.6 is 0 Å². The van der Waals surface area contributed by atoms with Crippen LogP contribution in [0.4, 0.5) is 4.39 Å². The van der Waals surface area contributed by atoms with Gasteiger partial charge in [-0.15, -0.1) is 0 Å². The summed E-state index contributed by atoms with van der Waals surface area (Å²) in [7, 11) is 1.52. The number of halogens is 1. The normalized spacial score (nSPS) is 18.5. The third-order valence-corrected chi connectivity index (χ3v) is 2.53. The van der Waals surface area contributed by atoms with Gasteiger partial charge in [-0.25, -0.2) is 4.39 Å². The molecule has 4 nitrogen and oxygen atoms in total. The fraction of sp³-hybridized carbons (Fsp3) is 0.417. The number of aliphatic imine (C=N–C) groups is 1. The van der Waals surface area contributed by atoms with E-state index in [4.69, 9.17) is 4.74 Å². The summed E-state index contributed by atoms with van der Waals surface area (Å²) >= 11 is 0. The molecule has 1 aliphatic heterocycles. The topological polar surface area (TPSA) is 45.6 Å². The summed E-state index contributed by atoms with van der Waals surface area (Å²) in [4.78, 5) is 4.27. The Morgan fingerprint density at radius 3 is 3.00 bits per heavy atom. The van der Waals surface area contributed by atoms with Crippen molar-refractivity contribution >= 4 is 5.96 Å². The molecule has 1 atom stereocenters. The standard InChI is InChI=1S/C12H16FN3O/c1-8-6-14-12(16-8)15-7-9-3-10(13)5-11(4-9)17-2/h3-5,8H,6-7H2,1-2H3,(H2,14,15,16). The maximum Gasteiger partial charge on any atom is 0.191 e. The van der Waals surface area contributed by atoms with Crippen molar-refractivity contribution in [2.75, 3.05) is 13.7 Å². The minimum atomic E-state index is -0.296. The third kappa shape index (κ3) is 3.09. The van der Waals surface area contributed by atoms with E-state index in [1.54, 1.807) is 6.07 Å². The van der Waals surface area contributed by atoms with Crippen molar-refractivity contribution in [2.45, 2.75) is 19.5 Å². The van der Waals surface area contributed by atoms with Crippen LogP contribution in [0.3, 0.4) is 0 Å². The highest BCUT2D eigenvalue weighted by molar-refractivity contribution is 5.81.